The summed E-state index contributed by atoms with van der Waals surface area (Å²) < 4.78 is 0. The van der Waals surface area contributed by atoms with Gasteiger partial charge in [0.1, 0.15) is 0 Å². The molecule has 12 rings (SSSR count). The minimum absolute atomic E-state index is 0. The van der Waals surface area contributed by atoms with E-state index in [4.69, 9.17) is 19.9 Å². The van der Waals surface area contributed by atoms with E-state index in [9.17, 15) is 0 Å². The predicted octanol–water partition coefficient (Wildman–Crippen LogP) is 15.5. The molecule has 5 heteroatoms. The molecule has 67 heavy (non-hydrogen) atoms. The molecule has 0 aliphatic carbocycles. The van der Waals surface area contributed by atoms with E-state index in [1.165, 1.54) is 0 Å². The van der Waals surface area contributed by atoms with Crippen LogP contribution in [0.15, 0.2) is 225 Å². The number of aromatic nitrogens is 4. The Labute approximate surface area is 402 Å². The first-order valence-corrected chi connectivity index (χ1v) is 22.0. The molecule has 0 aliphatic rings. The van der Waals surface area contributed by atoms with Crippen LogP contribution in [-0.2, 0) is 20.1 Å². The third-order valence-electron chi connectivity index (χ3n) is 12.4. The summed E-state index contributed by atoms with van der Waals surface area (Å²) in [6.07, 6.45) is 7.75. The molecule has 0 spiro atoms. The topological polar surface area (TPSA) is 51.6 Å². The minimum atomic E-state index is 0. The van der Waals surface area contributed by atoms with Crippen LogP contribution in [-0.4, -0.2) is 19.9 Å². The molecule has 4 nitrogen and oxygen atoms in total. The van der Waals surface area contributed by atoms with Gasteiger partial charge in [0, 0.05) is 18.6 Å². The number of nitrogens with zero attached hydrogens (tertiary/aromatic N) is 4. The minimum Gasteiger partial charge on any atom is -0.352 e. The van der Waals surface area contributed by atoms with Crippen LogP contribution in [0.25, 0.3) is 122 Å². The molecule has 0 N–H and O–H groups in total. The molecule has 0 unspecified atom stereocenters. The van der Waals surface area contributed by atoms with Crippen LogP contribution < -0.4 is 0 Å². The summed E-state index contributed by atoms with van der Waals surface area (Å²) in [6, 6.07) is 80.0. The summed E-state index contributed by atoms with van der Waals surface area (Å²) in [5.41, 5.74) is 18.5. The van der Waals surface area contributed by atoms with Gasteiger partial charge in [0.15, 0.2) is 0 Å². The Hall–Kier alpha value is -8.21. The predicted molar refractivity (Wildman–Crippen MR) is 270 cm³/mol. The fraction of sp³-hybridized carbons (Fsp3) is 0. The van der Waals surface area contributed by atoms with Gasteiger partial charge in [-0.3, -0.25) is 0 Å². The number of rotatable bonds is 8. The molecule has 0 radical (unpaired) electrons. The van der Waals surface area contributed by atoms with E-state index in [-0.39, 0.29) is 20.1 Å². The summed E-state index contributed by atoms with van der Waals surface area (Å²) in [5.74, 6) is 0. The Kier molecular flexibility index (Phi) is 11.1. The van der Waals surface area contributed by atoms with Gasteiger partial charge in [-0.15, -0.1) is 83.9 Å². The standard InChI is InChI=1S/C62H37N4.Ir/c1-3-16-41(17-4-1)59-31-29-43(38-64-59)49-20-7-9-22-51(49)45-34-46(52-23-10-8-21-50(52)44-30-32-60(65-39-44)42-18-5-2-6-19-42)36-47(35-45)53-24-11-12-25-54(53)48-37-58-55-26-13-14-27-56(55)61-57(28-15-33-63-61)62(58)66-40-48;/h1-16,18,20-27,29-40H;/q-3;+3. The van der Waals surface area contributed by atoms with E-state index in [1.807, 2.05) is 73.2 Å². The van der Waals surface area contributed by atoms with Crippen LogP contribution in [0.1, 0.15) is 0 Å². The normalized spacial score (nSPS) is 11.2. The smallest absolute Gasteiger partial charge is 0.352 e. The second-order valence-corrected chi connectivity index (χ2v) is 16.3. The van der Waals surface area contributed by atoms with Crippen LogP contribution >= 0.6 is 0 Å². The average molecular weight is 1030 g/mol. The summed E-state index contributed by atoms with van der Waals surface area (Å²) in [5, 5.41) is 4.20. The van der Waals surface area contributed by atoms with Gasteiger partial charge in [0.2, 0.25) is 0 Å². The molecule has 8 aromatic carbocycles. The van der Waals surface area contributed by atoms with Crippen LogP contribution in [0.4, 0.5) is 0 Å². The van der Waals surface area contributed by atoms with Gasteiger partial charge >= 0.3 is 20.1 Å². The fourth-order valence-corrected chi connectivity index (χ4v) is 9.28. The van der Waals surface area contributed by atoms with Crippen molar-refractivity contribution in [3.63, 3.8) is 0 Å². The van der Waals surface area contributed by atoms with Gasteiger partial charge in [0.25, 0.3) is 0 Å². The third-order valence-corrected chi connectivity index (χ3v) is 12.4. The Bertz CT molecular complexity index is 3560. The summed E-state index contributed by atoms with van der Waals surface area (Å²) in [4.78, 5) is 19.7. The van der Waals surface area contributed by atoms with Crippen LogP contribution in [0, 0.1) is 18.2 Å². The van der Waals surface area contributed by atoms with E-state index in [0.717, 1.165) is 122 Å². The van der Waals surface area contributed by atoms with Gasteiger partial charge < -0.3 is 19.9 Å². The molecule has 4 heterocycles. The second-order valence-electron chi connectivity index (χ2n) is 16.3. The maximum Gasteiger partial charge on any atom is 3.00 e. The summed E-state index contributed by atoms with van der Waals surface area (Å²) >= 11 is 0. The van der Waals surface area contributed by atoms with Gasteiger partial charge in [-0.2, -0.15) is 0 Å². The van der Waals surface area contributed by atoms with Gasteiger partial charge in [-0.25, -0.2) is 0 Å². The van der Waals surface area contributed by atoms with Crippen molar-refractivity contribution >= 4 is 32.6 Å². The van der Waals surface area contributed by atoms with Crippen molar-refractivity contribution < 1.29 is 20.1 Å². The average Bonchev–Trinajstić information content (AvgIpc) is 3.41. The molecule has 12 aromatic rings. The third kappa shape index (κ3) is 7.81. The van der Waals surface area contributed by atoms with Crippen molar-refractivity contribution in [2.45, 2.75) is 0 Å². The monoisotopic (exact) mass is 1030 g/mol. The number of pyridine rings is 4. The molecule has 0 amide bonds. The van der Waals surface area contributed by atoms with Crippen LogP contribution in [0.3, 0.4) is 0 Å². The zero-order chi connectivity index (χ0) is 43.8. The van der Waals surface area contributed by atoms with E-state index in [2.05, 4.69) is 164 Å². The van der Waals surface area contributed by atoms with E-state index >= 15 is 0 Å². The fourth-order valence-electron chi connectivity index (χ4n) is 9.28. The first kappa shape index (κ1) is 41.5. The Balaban J connectivity index is 0.00000494. The van der Waals surface area contributed by atoms with Gasteiger partial charge in [-0.05, 0) is 124 Å². The van der Waals surface area contributed by atoms with Crippen LogP contribution in [0.5, 0.6) is 0 Å². The number of benzene rings is 8. The number of fused-ring (bicyclic) bond motifs is 6. The molecule has 0 atom stereocenters. The maximum absolute atomic E-state index is 5.16. The maximum atomic E-state index is 5.16. The first-order chi connectivity index (χ1) is 32.7. The number of hydrogen-bond donors (Lipinski definition) is 0. The molecule has 0 saturated carbocycles. The molecule has 314 valence electrons. The van der Waals surface area contributed by atoms with Crippen molar-refractivity contribution in [1.82, 2.24) is 19.9 Å². The molecule has 0 aliphatic heterocycles. The molecular weight excluding hydrogens is 993 g/mol. The van der Waals surface area contributed by atoms with Gasteiger partial charge in [-0.1, -0.05) is 139 Å². The first-order valence-electron chi connectivity index (χ1n) is 22.0. The van der Waals surface area contributed by atoms with E-state index in [1.54, 1.807) is 6.20 Å². The summed E-state index contributed by atoms with van der Waals surface area (Å²) in [7, 11) is 0. The van der Waals surface area contributed by atoms with Crippen molar-refractivity contribution in [3.05, 3.63) is 243 Å². The quantitative estimate of drug-likeness (QED) is 0.112. The number of hydrogen-bond acceptors (Lipinski definition) is 4. The van der Waals surface area contributed by atoms with Crippen molar-refractivity contribution in [2.75, 3.05) is 0 Å². The molecule has 4 aromatic heterocycles. The molecule has 0 saturated heterocycles. The van der Waals surface area contributed by atoms with E-state index < -0.39 is 0 Å². The Morgan fingerprint density at radius 1 is 0.299 bits per heavy atom. The van der Waals surface area contributed by atoms with Crippen molar-refractivity contribution in [3.8, 4) is 89.3 Å². The van der Waals surface area contributed by atoms with Gasteiger partial charge in [0.05, 0.1) is 0 Å². The SMILES string of the molecule is [Ir+3].[c-]1ccccc1-c1ccc(-c2ccccc2-c2cc(-c3ccccc3-c3ccc(-c4[c-]cccc4)nc3)cc(-c3ccccc3-c3cnc4c5[c-]ccnc5c5ccccc5c4c3)c2)cn1. The van der Waals surface area contributed by atoms with Crippen molar-refractivity contribution in [1.29, 1.82) is 0 Å². The molecular formula is C62H37IrN4. The Morgan fingerprint density at radius 2 is 0.731 bits per heavy atom. The van der Waals surface area contributed by atoms with Crippen LogP contribution in [0.2, 0.25) is 0 Å². The summed E-state index contributed by atoms with van der Waals surface area (Å²) in [6.45, 7) is 0. The Morgan fingerprint density at radius 3 is 1.21 bits per heavy atom. The van der Waals surface area contributed by atoms with Crippen molar-refractivity contribution in [2.24, 2.45) is 0 Å². The largest absolute Gasteiger partial charge is 3.00 e. The molecule has 0 fully saturated rings. The zero-order valence-corrected chi connectivity index (χ0v) is 38.4. The van der Waals surface area contributed by atoms with E-state index in [0.29, 0.717) is 0 Å². The molecule has 0 bridgehead atoms. The second kappa shape index (κ2) is 18.0. The zero-order valence-electron chi connectivity index (χ0n) is 36.0.